The molecule has 0 aliphatic carbocycles. The van der Waals surface area contributed by atoms with Crippen molar-refractivity contribution in [2.24, 2.45) is 5.73 Å². The maximum atomic E-state index is 13.6. The molecule has 2 aromatic carbocycles. The normalized spacial score (nSPS) is 22.7. The number of hydrogen-bond acceptors (Lipinski definition) is 12. The van der Waals surface area contributed by atoms with E-state index in [0.29, 0.717) is 61.7 Å². The van der Waals surface area contributed by atoms with E-state index in [0.717, 1.165) is 100 Å². The number of piperidine rings is 3. The molecule has 0 spiro atoms. The molecule has 6 aliphatic rings. The summed E-state index contributed by atoms with van der Waals surface area (Å²) in [5.41, 5.74) is 10.0. The first-order valence-electron chi connectivity index (χ1n) is 23.8. The Morgan fingerprint density at radius 2 is 1.61 bits per heavy atom. The number of fused-ring (bicyclic) bond motifs is 1. The minimum absolute atomic E-state index is 0.0626. The number of likely N-dealkylation sites (tertiary alicyclic amines) is 1. The third-order valence-corrected chi connectivity index (χ3v) is 15.0. The fourth-order valence-electron chi connectivity index (χ4n) is 10.8. The molecule has 0 radical (unpaired) electrons. The van der Waals surface area contributed by atoms with Crippen molar-refractivity contribution in [3.8, 4) is 0 Å². The van der Waals surface area contributed by atoms with Crippen molar-refractivity contribution >= 4 is 47.3 Å². The molecule has 18 nitrogen and oxygen atoms in total. The van der Waals surface area contributed by atoms with Crippen molar-refractivity contribution < 1.29 is 33.6 Å². The van der Waals surface area contributed by atoms with Gasteiger partial charge in [-0.1, -0.05) is 43.3 Å². The van der Waals surface area contributed by atoms with Gasteiger partial charge in [0.05, 0.1) is 35.6 Å². The van der Waals surface area contributed by atoms with Crippen LogP contribution in [0, 0.1) is 0 Å². The fourth-order valence-corrected chi connectivity index (χ4v) is 10.8. The highest BCUT2D eigenvalue weighted by molar-refractivity contribution is 6.24. The van der Waals surface area contributed by atoms with Crippen LogP contribution in [-0.4, -0.2) is 179 Å². The summed E-state index contributed by atoms with van der Waals surface area (Å²) in [6.45, 7) is 11.0. The number of likely N-dealkylation sites (N-methyl/N-ethyl adjacent to an activating group) is 1. The van der Waals surface area contributed by atoms with Gasteiger partial charge in [0.1, 0.15) is 17.6 Å². The van der Waals surface area contributed by atoms with Crippen molar-refractivity contribution in [1.82, 2.24) is 44.7 Å². The number of nitrogens with zero attached hydrogens (tertiary/aromatic N) is 9. The molecule has 0 bridgehead atoms. The van der Waals surface area contributed by atoms with Crippen molar-refractivity contribution in [2.45, 2.75) is 82.2 Å². The Labute approximate surface area is 390 Å². The van der Waals surface area contributed by atoms with Crippen LogP contribution >= 0.6 is 0 Å². The van der Waals surface area contributed by atoms with Crippen LogP contribution in [0.3, 0.4) is 0 Å². The second-order valence-corrected chi connectivity index (χ2v) is 19.4. The van der Waals surface area contributed by atoms with Gasteiger partial charge in [-0.2, -0.15) is 0 Å². The van der Waals surface area contributed by atoms with Gasteiger partial charge in [-0.3, -0.25) is 43.9 Å². The summed E-state index contributed by atoms with van der Waals surface area (Å²) in [5, 5.41) is 2.25. The van der Waals surface area contributed by atoms with Gasteiger partial charge < -0.3 is 30.2 Å². The summed E-state index contributed by atoms with van der Waals surface area (Å²) in [5.74, 6) is -1.76. The summed E-state index contributed by atoms with van der Waals surface area (Å²) >= 11 is 0. The molecule has 8 amide bonds. The number of aryl methyl sites for hydroxylation is 1. The van der Waals surface area contributed by atoms with Crippen LogP contribution in [0.5, 0.6) is 0 Å². The molecule has 5 fully saturated rings. The number of urea groups is 1. The molecule has 2 atom stereocenters. The molecular formula is C49H61N11O7. The monoisotopic (exact) mass is 915 g/mol. The number of hydrogen-bond donors (Lipinski definition) is 2. The number of piperazine rings is 1. The van der Waals surface area contributed by atoms with Gasteiger partial charge >= 0.3 is 6.03 Å². The lowest BCUT2D eigenvalue weighted by Gasteiger charge is -2.41. The first kappa shape index (κ1) is 45.9. The van der Waals surface area contributed by atoms with Gasteiger partial charge in [-0.25, -0.2) is 14.8 Å². The number of carbonyl (C=O) groups is 7. The summed E-state index contributed by atoms with van der Waals surface area (Å²) in [6, 6.07) is 12.9. The van der Waals surface area contributed by atoms with Crippen molar-refractivity contribution in [3.05, 3.63) is 87.9 Å². The van der Waals surface area contributed by atoms with E-state index < -0.39 is 35.6 Å². The smallest absolute Gasteiger partial charge is 0.320 e. The molecule has 67 heavy (non-hydrogen) atoms. The molecular weight excluding hydrogens is 855 g/mol. The average Bonchev–Trinajstić information content (AvgIpc) is 3.79. The number of benzene rings is 2. The molecule has 3 aromatic rings. The van der Waals surface area contributed by atoms with E-state index in [2.05, 4.69) is 56.2 Å². The third kappa shape index (κ3) is 9.50. The summed E-state index contributed by atoms with van der Waals surface area (Å²) < 4.78 is 0. The number of aromatic nitrogens is 2. The summed E-state index contributed by atoms with van der Waals surface area (Å²) in [7, 11) is 1.83. The number of nitrogens with one attached hydrogen (secondary N) is 1. The zero-order valence-corrected chi connectivity index (χ0v) is 38.6. The van der Waals surface area contributed by atoms with E-state index in [1.165, 1.54) is 5.56 Å². The molecule has 1 aromatic heterocycles. The zero-order chi connectivity index (χ0) is 47.0. The minimum atomic E-state index is -0.987. The lowest BCUT2D eigenvalue weighted by molar-refractivity contribution is -0.136. The Morgan fingerprint density at radius 1 is 0.866 bits per heavy atom. The van der Waals surface area contributed by atoms with E-state index in [9.17, 15) is 33.6 Å². The number of nitrogens with two attached hydrogens (primary N) is 1. The van der Waals surface area contributed by atoms with Gasteiger partial charge in [0.15, 0.2) is 0 Å². The van der Waals surface area contributed by atoms with E-state index in [1.807, 2.05) is 22.9 Å². The molecule has 5 saturated heterocycles. The van der Waals surface area contributed by atoms with Crippen LogP contribution < -0.4 is 16.0 Å². The largest absolute Gasteiger partial charge is 0.364 e. The highest BCUT2D eigenvalue weighted by Gasteiger charge is 2.45. The topological polar surface area (TPSA) is 206 Å². The summed E-state index contributed by atoms with van der Waals surface area (Å²) in [6.07, 6.45) is 7.17. The molecule has 7 heterocycles. The van der Waals surface area contributed by atoms with Crippen LogP contribution in [0.1, 0.15) is 105 Å². The average molecular weight is 916 g/mol. The Bertz CT molecular complexity index is 2450. The quantitative estimate of drug-likeness (QED) is 0.237. The predicted molar refractivity (Wildman–Crippen MR) is 247 cm³/mol. The van der Waals surface area contributed by atoms with Gasteiger partial charge in [-0.15, -0.1) is 0 Å². The maximum absolute atomic E-state index is 13.6. The molecule has 3 N–H and O–H groups in total. The zero-order valence-electron chi connectivity index (χ0n) is 38.6. The van der Waals surface area contributed by atoms with E-state index >= 15 is 0 Å². The Hall–Kier alpha value is -6.27. The van der Waals surface area contributed by atoms with E-state index in [1.54, 1.807) is 23.2 Å². The van der Waals surface area contributed by atoms with Crippen molar-refractivity contribution in [1.29, 1.82) is 0 Å². The minimum Gasteiger partial charge on any atom is -0.364 e. The fraction of sp³-hybridized carbons (Fsp3) is 0.531. The standard InChI is InChI=1S/C49H61N11O7/c1-49(34-12-10-32(11-13-34)28-37-43(44(50)63)51-29-39(52-37)58-19-5-8-35(30-58)59-27-22-54(2)48(59)67)16-20-57(21-17-49)41(62)31-56-25-23-55(24-26-56)18-4-7-33-6-3-9-36-42(33)47(66)60(46(36)65)38-14-15-40(61)53-45(38)64/h3,6,9-13,29,35,38H,4-5,7-8,14-28,30-31H2,1-2H3,(H2,50,63)(H,53,61,64)/t35-,38?/m1/s1. The molecule has 1 unspecified atom stereocenters. The number of imide groups is 2. The van der Waals surface area contributed by atoms with Crippen molar-refractivity contribution in [2.75, 3.05) is 90.5 Å². The first-order valence-corrected chi connectivity index (χ1v) is 23.8. The van der Waals surface area contributed by atoms with Gasteiger partial charge in [0, 0.05) is 85.3 Å². The van der Waals surface area contributed by atoms with Crippen LogP contribution in [-0.2, 0) is 32.6 Å². The summed E-state index contributed by atoms with van der Waals surface area (Å²) in [4.78, 5) is 113. The lowest BCUT2D eigenvalue weighted by atomic mass is 9.74. The number of amides is 8. The Kier molecular flexibility index (Phi) is 13.1. The number of carbonyl (C=O) groups excluding carboxylic acids is 7. The van der Waals surface area contributed by atoms with E-state index in [4.69, 9.17) is 10.7 Å². The predicted octanol–water partition coefficient (Wildman–Crippen LogP) is 2.03. The molecule has 18 heteroatoms. The van der Waals surface area contributed by atoms with Gasteiger partial charge in [0.25, 0.3) is 17.7 Å². The van der Waals surface area contributed by atoms with Crippen LogP contribution in [0.4, 0.5) is 10.6 Å². The highest BCUT2D eigenvalue weighted by atomic mass is 16.2. The molecule has 9 rings (SSSR count). The Morgan fingerprint density at radius 3 is 2.31 bits per heavy atom. The van der Waals surface area contributed by atoms with Gasteiger partial charge in [-0.05, 0) is 79.7 Å². The van der Waals surface area contributed by atoms with E-state index in [-0.39, 0.29) is 41.9 Å². The van der Waals surface area contributed by atoms with Crippen molar-refractivity contribution in [3.63, 3.8) is 0 Å². The molecule has 6 aliphatic heterocycles. The molecule has 0 saturated carbocycles. The highest BCUT2D eigenvalue weighted by Crippen LogP contribution is 2.36. The van der Waals surface area contributed by atoms with Crippen LogP contribution in [0.25, 0.3) is 0 Å². The SMILES string of the molecule is CN1CCN([C@@H]2CCCN(c3cnc(C(N)=O)c(Cc4ccc(C5(C)CCN(C(=O)CN6CCN(CCCc7cccc8c7C(=O)N(C7CCC(=O)NC7=O)C8=O)CC6)CC5)cc4)n3)C2)C1=O. The number of primary amides is 1. The first-order chi connectivity index (χ1) is 32.3. The maximum Gasteiger partial charge on any atom is 0.320 e. The van der Waals surface area contributed by atoms with Crippen LogP contribution in [0.2, 0.25) is 0 Å². The second-order valence-electron chi connectivity index (χ2n) is 19.4. The third-order valence-electron chi connectivity index (χ3n) is 15.0. The Balaban J connectivity index is 0.724. The second kappa shape index (κ2) is 19.1. The number of anilines is 1. The lowest BCUT2D eigenvalue weighted by Crippen LogP contribution is -2.54. The molecule has 354 valence electrons. The number of rotatable bonds is 13. The van der Waals surface area contributed by atoms with Crippen LogP contribution in [0.15, 0.2) is 48.7 Å². The van der Waals surface area contributed by atoms with Gasteiger partial charge in [0.2, 0.25) is 17.7 Å².